The molecule has 0 aliphatic carbocycles. The molecule has 4 rings (SSSR count). The second kappa shape index (κ2) is 9.37. The van der Waals surface area contributed by atoms with Gasteiger partial charge in [-0.1, -0.05) is 48.0 Å². The van der Waals surface area contributed by atoms with Gasteiger partial charge in [0.1, 0.15) is 5.82 Å². The van der Waals surface area contributed by atoms with Crippen LogP contribution in [-0.2, 0) is 6.42 Å². The Morgan fingerprint density at radius 3 is 2.69 bits per heavy atom. The maximum Gasteiger partial charge on any atom is 0.251 e. The summed E-state index contributed by atoms with van der Waals surface area (Å²) >= 11 is 7.44. The fraction of sp³-hybridized carbons (Fsp3) is 0.318. The highest BCUT2D eigenvalue weighted by molar-refractivity contribution is 7.09. The number of carbonyl (C=O) groups excluding carboxylic acids is 1. The standard InChI is InChI=1S/C22H23ClN4OS/c23-19-8-4-7-18(14-19)21(28)24-15-17-9-11-27(12-10-17)22-25-20(26-29-22)13-16-5-2-1-3-6-16/h1-8,14,17H,9-13,15H2,(H,24,28). The predicted molar refractivity (Wildman–Crippen MR) is 118 cm³/mol. The summed E-state index contributed by atoms with van der Waals surface area (Å²) in [5, 5.41) is 4.62. The fourth-order valence-electron chi connectivity index (χ4n) is 3.52. The lowest BCUT2D eigenvalue weighted by atomic mass is 9.97. The van der Waals surface area contributed by atoms with E-state index in [9.17, 15) is 4.79 Å². The number of carbonyl (C=O) groups is 1. The van der Waals surface area contributed by atoms with E-state index in [2.05, 4.69) is 26.7 Å². The SMILES string of the molecule is O=C(NCC1CCN(c2nc(Cc3ccccc3)ns2)CC1)c1cccc(Cl)c1. The van der Waals surface area contributed by atoms with E-state index in [0.717, 1.165) is 43.3 Å². The first-order valence-electron chi connectivity index (χ1n) is 9.82. The highest BCUT2D eigenvalue weighted by Gasteiger charge is 2.22. The van der Waals surface area contributed by atoms with Crippen LogP contribution in [0.2, 0.25) is 5.02 Å². The third-order valence-corrected chi connectivity index (χ3v) is 6.24. The second-order valence-corrected chi connectivity index (χ2v) is 8.47. The van der Waals surface area contributed by atoms with Crippen LogP contribution >= 0.6 is 23.1 Å². The molecule has 1 aliphatic rings. The van der Waals surface area contributed by atoms with Gasteiger partial charge in [0, 0.05) is 48.2 Å². The first-order chi connectivity index (χ1) is 14.2. The van der Waals surface area contributed by atoms with E-state index in [1.807, 2.05) is 18.2 Å². The van der Waals surface area contributed by atoms with Crippen LogP contribution in [0.15, 0.2) is 54.6 Å². The lowest BCUT2D eigenvalue weighted by Crippen LogP contribution is -2.38. The highest BCUT2D eigenvalue weighted by atomic mass is 35.5. The molecule has 2 heterocycles. The number of aromatic nitrogens is 2. The van der Waals surface area contributed by atoms with Gasteiger partial charge in [0.15, 0.2) is 0 Å². The molecule has 1 aromatic heterocycles. The minimum Gasteiger partial charge on any atom is -0.352 e. The molecule has 0 saturated carbocycles. The molecule has 2 aromatic carbocycles. The van der Waals surface area contributed by atoms with Crippen molar-refractivity contribution in [1.29, 1.82) is 0 Å². The van der Waals surface area contributed by atoms with Crippen LogP contribution in [0, 0.1) is 5.92 Å². The second-order valence-electron chi connectivity index (χ2n) is 7.31. The molecule has 1 N–H and O–H groups in total. The molecule has 150 valence electrons. The summed E-state index contributed by atoms with van der Waals surface area (Å²) in [5.74, 6) is 1.29. The van der Waals surface area contributed by atoms with Gasteiger partial charge in [-0.15, -0.1) is 0 Å². The summed E-state index contributed by atoms with van der Waals surface area (Å²) in [7, 11) is 0. The average Bonchev–Trinajstić information content (AvgIpc) is 3.21. The number of rotatable bonds is 6. The monoisotopic (exact) mass is 426 g/mol. The van der Waals surface area contributed by atoms with Gasteiger partial charge in [0.2, 0.25) is 5.13 Å². The molecule has 0 unspecified atom stereocenters. The van der Waals surface area contributed by atoms with Crippen LogP contribution in [-0.4, -0.2) is 34.9 Å². The van der Waals surface area contributed by atoms with Crippen LogP contribution in [0.4, 0.5) is 5.13 Å². The Morgan fingerprint density at radius 2 is 1.93 bits per heavy atom. The number of anilines is 1. The number of benzene rings is 2. The number of amides is 1. The number of halogens is 1. The number of hydrogen-bond acceptors (Lipinski definition) is 5. The van der Waals surface area contributed by atoms with Crippen molar-refractivity contribution in [1.82, 2.24) is 14.7 Å². The van der Waals surface area contributed by atoms with Crippen LogP contribution < -0.4 is 10.2 Å². The van der Waals surface area contributed by atoms with Gasteiger partial charge in [-0.25, -0.2) is 4.98 Å². The van der Waals surface area contributed by atoms with Crippen LogP contribution in [0.25, 0.3) is 0 Å². The smallest absolute Gasteiger partial charge is 0.251 e. The Morgan fingerprint density at radius 1 is 1.14 bits per heavy atom. The topological polar surface area (TPSA) is 58.1 Å². The maximum absolute atomic E-state index is 12.3. The molecule has 1 amide bonds. The predicted octanol–water partition coefficient (Wildman–Crippen LogP) is 4.43. The maximum atomic E-state index is 12.3. The van der Waals surface area contributed by atoms with E-state index in [0.29, 0.717) is 23.0 Å². The van der Waals surface area contributed by atoms with Crippen molar-refractivity contribution in [2.75, 3.05) is 24.5 Å². The largest absolute Gasteiger partial charge is 0.352 e. The molecular weight excluding hydrogens is 404 g/mol. The van der Waals surface area contributed by atoms with Gasteiger partial charge >= 0.3 is 0 Å². The average molecular weight is 427 g/mol. The highest BCUT2D eigenvalue weighted by Crippen LogP contribution is 2.25. The molecule has 0 bridgehead atoms. The summed E-state index contributed by atoms with van der Waals surface area (Å²) < 4.78 is 4.53. The molecule has 29 heavy (non-hydrogen) atoms. The quantitative estimate of drug-likeness (QED) is 0.633. The zero-order valence-electron chi connectivity index (χ0n) is 16.1. The van der Waals surface area contributed by atoms with Crippen molar-refractivity contribution in [2.24, 2.45) is 5.92 Å². The normalized spacial score (nSPS) is 14.7. The summed E-state index contributed by atoms with van der Waals surface area (Å²) in [6, 6.07) is 17.3. The van der Waals surface area contributed by atoms with E-state index >= 15 is 0 Å². The number of nitrogens with one attached hydrogen (secondary N) is 1. The summed E-state index contributed by atoms with van der Waals surface area (Å²) in [4.78, 5) is 19.3. The van der Waals surface area contributed by atoms with Crippen molar-refractivity contribution in [3.8, 4) is 0 Å². The molecule has 7 heteroatoms. The summed E-state index contributed by atoms with van der Waals surface area (Å²) in [5.41, 5.74) is 1.83. The molecule has 5 nitrogen and oxygen atoms in total. The molecule has 1 aliphatic heterocycles. The van der Waals surface area contributed by atoms with E-state index in [4.69, 9.17) is 16.6 Å². The van der Waals surface area contributed by atoms with Crippen molar-refractivity contribution >= 4 is 34.2 Å². The lowest BCUT2D eigenvalue weighted by molar-refractivity contribution is 0.0945. The van der Waals surface area contributed by atoms with Gasteiger partial charge in [-0.05, 0) is 42.5 Å². The number of hydrogen-bond donors (Lipinski definition) is 1. The molecule has 0 radical (unpaired) electrons. The van der Waals surface area contributed by atoms with Crippen molar-refractivity contribution in [2.45, 2.75) is 19.3 Å². The molecule has 3 aromatic rings. The van der Waals surface area contributed by atoms with E-state index in [-0.39, 0.29) is 5.91 Å². The minimum absolute atomic E-state index is 0.0652. The zero-order valence-corrected chi connectivity index (χ0v) is 17.6. The number of piperidine rings is 1. The molecular formula is C22H23ClN4OS. The van der Waals surface area contributed by atoms with Gasteiger partial charge < -0.3 is 10.2 Å². The number of nitrogens with zero attached hydrogens (tertiary/aromatic N) is 3. The fourth-order valence-corrected chi connectivity index (χ4v) is 4.45. The van der Waals surface area contributed by atoms with Crippen molar-refractivity contribution in [3.05, 3.63) is 76.6 Å². The Hall–Kier alpha value is -2.44. The Kier molecular flexibility index (Phi) is 6.42. The minimum atomic E-state index is -0.0652. The lowest BCUT2D eigenvalue weighted by Gasteiger charge is -2.31. The molecule has 1 saturated heterocycles. The van der Waals surface area contributed by atoms with Crippen LogP contribution in [0.1, 0.15) is 34.6 Å². The molecule has 0 spiro atoms. The van der Waals surface area contributed by atoms with E-state index < -0.39 is 0 Å². The zero-order chi connectivity index (χ0) is 20.1. The first-order valence-corrected chi connectivity index (χ1v) is 11.0. The first kappa shape index (κ1) is 19.9. The van der Waals surface area contributed by atoms with Crippen LogP contribution in [0.5, 0.6) is 0 Å². The molecule has 0 atom stereocenters. The van der Waals surface area contributed by atoms with Crippen molar-refractivity contribution < 1.29 is 4.79 Å². The van der Waals surface area contributed by atoms with Gasteiger partial charge in [0.25, 0.3) is 5.91 Å². The van der Waals surface area contributed by atoms with Gasteiger partial charge in [-0.3, -0.25) is 4.79 Å². The third-order valence-electron chi connectivity index (χ3n) is 5.19. The van der Waals surface area contributed by atoms with Gasteiger partial charge in [0.05, 0.1) is 0 Å². The third kappa shape index (κ3) is 5.34. The van der Waals surface area contributed by atoms with Gasteiger partial charge in [-0.2, -0.15) is 4.37 Å². The Bertz CT molecular complexity index is 954. The Labute approximate surface area is 179 Å². The van der Waals surface area contributed by atoms with E-state index in [1.165, 1.54) is 17.1 Å². The molecule has 1 fully saturated rings. The van der Waals surface area contributed by atoms with Crippen molar-refractivity contribution in [3.63, 3.8) is 0 Å². The van der Waals surface area contributed by atoms with Crippen LogP contribution in [0.3, 0.4) is 0 Å². The summed E-state index contributed by atoms with van der Waals surface area (Å²) in [6.07, 6.45) is 2.83. The van der Waals surface area contributed by atoms with E-state index in [1.54, 1.807) is 24.3 Å². The Balaban J connectivity index is 1.25. The summed E-state index contributed by atoms with van der Waals surface area (Å²) in [6.45, 7) is 2.57.